The van der Waals surface area contributed by atoms with E-state index in [4.69, 9.17) is 0 Å². The van der Waals surface area contributed by atoms with E-state index in [0.29, 0.717) is 0 Å². The smallest absolute Gasteiger partial charge is 0.275 e. The Balaban J connectivity index is 1.84. The highest BCUT2D eigenvalue weighted by Crippen LogP contribution is 2.24. The zero-order valence-electron chi connectivity index (χ0n) is 16.9. The van der Waals surface area contributed by atoms with E-state index in [-0.39, 0.29) is 36.5 Å². The number of fused-ring (bicyclic) bond motifs is 1. The van der Waals surface area contributed by atoms with Gasteiger partial charge >= 0.3 is 0 Å². The largest absolute Gasteiger partial charge is 0.347 e. The van der Waals surface area contributed by atoms with Gasteiger partial charge in [-0.1, -0.05) is 18.2 Å². The van der Waals surface area contributed by atoms with Crippen molar-refractivity contribution < 1.29 is 14.5 Å². The highest BCUT2D eigenvalue weighted by molar-refractivity contribution is 5.79. The molecule has 2 rings (SSSR count). The minimum Gasteiger partial charge on any atom is -0.347 e. The molecular weight excluding hydrogens is 326 g/mol. The van der Waals surface area contributed by atoms with E-state index in [1.54, 1.807) is 0 Å². The normalized spacial score (nSPS) is 16.3. The Morgan fingerprint density at radius 2 is 1.69 bits per heavy atom. The molecule has 0 heterocycles. The first-order chi connectivity index (χ1) is 12.1. The first kappa shape index (κ1) is 20.4. The molecule has 2 atom stereocenters. The third-order valence-electron chi connectivity index (χ3n) is 4.69. The third-order valence-corrected chi connectivity index (χ3v) is 4.69. The number of amides is 2. The lowest BCUT2D eigenvalue weighted by atomic mass is 9.89. The number of hydrogen-bond acceptors (Lipinski definition) is 2. The Bertz CT molecular complexity index is 649. The highest BCUT2D eigenvalue weighted by Gasteiger charge is 2.20. The second-order valence-electron chi connectivity index (χ2n) is 8.63. The van der Waals surface area contributed by atoms with Crippen LogP contribution in [0, 0.1) is 0 Å². The molecule has 5 nitrogen and oxygen atoms in total. The second-order valence-corrected chi connectivity index (χ2v) is 8.63. The zero-order chi connectivity index (χ0) is 19.3. The second kappa shape index (κ2) is 8.67. The van der Waals surface area contributed by atoms with E-state index >= 15 is 0 Å². The molecule has 3 N–H and O–H groups in total. The fourth-order valence-electron chi connectivity index (χ4n) is 3.47. The molecule has 2 amide bonds. The van der Waals surface area contributed by atoms with Crippen LogP contribution >= 0.6 is 0 Å². The lowest BCUT2D eigenvalue weighted by Crippen LogP contribution is -3.11. The number of benzene rings is 1. The minimum absolute atomic E-state index is 0.0223. The predicted molar refractivity (Wildman–Crippen MR) is 104 cm³/mol. The molecule has 1 unspecified atom stereocenters. The molecule has 0 fully saturated rings. The Kier molecular flexibility index (Phi) is 6.81. The molecule has 0 aliphatic heterocycles. The van der Waals surface area contributed by atoms with Crippen LogP contribution in [0.3, 0.4) is 0 Å². The van der Waals surface area contributed by atoms with Crippen LogP contribution in [0.4, 0.5) is 0 Å². The summed E-state index contributed by atoms with van der Waals surface area (Å²) in [4.78, 5) is 25.2. The first-order valence-corrected chi connectivity index (χ1v) is 9.67. The number of quaternary nitrogens is 1. The molecule has 5 heteroatoms. The van der Waals surface area contributed by atoms with Gasteiger partial charge in [0.25, 0.3) is 11.8 Å². The van der Waals surface area contributed by atoms with Gasteiger partial charge in [-0.05, 0) is 70.1 Å². The van der Waals surface area contributed by atoms with Crippen LogP contribution < -0.4 is 15.5 Å². The fourth-order valence-corrected chi connectivity index (χ4v) is 3.47. The van der Waals surface area contributed by atoms with Crippen molar-refractivity contribution in [2.45, 2.75) is 65.0 Å². The van der Waals surface area contributed by atoms with Gasteiger partial charge in [0, 0.05) is 5.54 Å². The van der Waals surface area contributed by atoms with E-state index in [1.807, 2.05) is 34.7 Å². The Morgan fingerprint density at radius 1 is 1.08 bits per heavy atom. The summed E-state index contributed by atoms with van der Waals surface area (Å²) in [5.74, 6) is -0.0678. The summed E-state index contributed by atoms with van der Waals surface area (Å²) in [6.45, 7) is 8.45. The number of hydrogen-bond donors (Lipinski definition) is 3. The van der Waals surface area contributed by atoms with E-state index in [0.717, 1.165) is 16.9 Å². The minimum atomic E-state index is -0.249. The summed E-state index contributed by atoms with van der Waals surface area (Å²) in [6.07, 6.45) is 4.83. The standard InChI is InChI=1S/C21H33N3O2/c1-15(17-11-10-16-8-6-7-9-18(16)12-17)22-19(25)13-24(5)14-20(26)23-21(2,3)4/h10-12,15H,6-9,13-14H2,1-5H3,(H,22,25)(H,23,26)/p+1/t15-/m0/s1. The number of carbonyl (C=O) groups is 2. The quantitative estimate of drug-likeness (QED) is 0.713. The van der Waals surface area contributed by atoms with Gasteiger partial charge in [-0.3, -0.25) is 9.59 Å². The maximum Gasteiger partial charge on any atom is 0.275 e. The summed E-state index contributed by atoms with van der Waals surface area (Å²) >= 11 is 0. The van der Waals surface area contributed by atoms with Crippen molar-refractivity contribution in [3.05, 3.63) is 34.9 Å². The molecule has 0 saturated heterocycles. The number of aryl methyl sites for hydroxylation is 2. The van der Waals surface area contributed by atoms with Gasteiger partial charge < -0.3 is 15.5 Å². The number of likely N-dealkylation sites (N-methyl/N-ethyl adjacent to an activating group) is 1. The lowest BCUT2D eigenvalue weighted by Gasteiger charge is -2.22. The number of rotatable bonds is 6. The molecule has 0 spiro atoms. The van der Waals surface area contributed by atoms with Crippen molar-refractivity contribution in [2.24, 2.45) is 0 Å². The van der Waals surface area contributed by atoms with Gasteiger partial charge in [-0.25, -0.2) is 0 Å². The van der Waals surface area contributed by atoms with E-state index in [9.17, 15) is 9.59 Å². The molecule has 26 heavy (non-hydrogen) atoms. The summed E-state index contributed by atoms with van der Waals surface area (Å²) < 4.78 is 0. The summed E-state index contributed by atoms with van der Waals surface area (Å²) in [5.41, 5.74) is 3.78. The van der Waals surface area contributed by atoms with Gasteiger partial charge in [-0.15, -0.1) is 0 Å². The Morgan fingerprint density at radius 3 is 2.35 bits per heavy atom. The highest BCUT2D eigenvalue weighted by atomic mass is 16.2. The van der Waals surface area contributed by atoms with Crippen molar-refractivity contribution in [3.63, 3.8) is 0 Å². The van der Waals surface area contributed by atoms with Crippen molar-refractivity contribution in [2.75, 3.05) is 20.1 Å². The average Bonchev–Trinajstić information content (AvgIpc) is 2.51. The van der Waals surface area contributed by atoms with Gasteiger partial charge in [0.2, 0.25) is 0 Å². The maximum absolute atomic E-state index is 12.3. The molecule has 0 aromatic heterocycles. The van der Waals surface area contributed by atoms with Crippen molar-refractivity contribution in [3.8, 4) is 0 Å². The molecule has 1 aliphatic rings. The van der Waals surface area contributed by atoms with Crippen LogP contribution in [0.5, 0.6) is 0 Å². The molecule has 0 saturated carbocycles. The topological polar surface area (TPSA) is 62.6 Å². The fraction of sp³-hybridized carbons (Fsp3) is 0.619. The Labute approximate surface area is 157 Å². The van der Waals surface area contributed by atoms with Crippen LogP contribution in [0.2, 0.25) is 0 Å². The molecule has 0 bridgehead atoms. The number of nitrogens with one attached hydrogen (secondary N) is 3. The van der Waals surface area contributed by atoms with Gasteiger partial charge in [0.05, 0.1) is 13.1 Å². The summed E-state index contributed by atoms with van der Waals surface area (Å²) in [6, 6.07) is 6.56. The van der Waals surface area contributed by atoms with Crippen LogP contribution in [-0.4, -0.2) is 37.5 Å². The van der Waals surface area contributed by atoms with Crippen molar-refractivity contribution >= 4 is 11.8 Å². The monoisotopic (exact) mass is 360 g/mol. The average molecular weight is 361 g/mol. The molecule has 1 aliphatic carbocycles. The van der Waals surface area contributed by atoms with Gasteiger partial charge in [0.1, 0.15) is 0 Å². The SMILES string of the molecule is C[C@H](NC(=O)C[NH+](C)CC(=O)NC(C)(C)C)c1ccc2c(c1)CCCC2. The van der Waals surface area contributed by atoms with Crippen LogP contribution in [0.25, 0.3) is 0 Å². The number of carbonyl (C=O) groups excluding carboxylic acids is 2. The molecule has 1 aromatic carbocycles. The van der Waals surface area contributed by atoms with Gasteiger partial charge in [0.15, 0.2) is 13.1 Å². The molecule has 0 radical (unpaired) electrons. The van der Waals surface area contributed by atoms with E-state index in [1.165, 1.54) is 30.4 Å². The third kappa shape index (κ3) is 6.45. The molecule has 144 valence electrons. The van der Waals surface area contributed by atoms with Crippen molar-refractivity contribution in [1.82, 2.24) is 10.6 Å². The summed E-state index contributed by atoms with van der Waals surface area (Å²) in [5, 5.41) is 5.99. The predicted octanol–water partition coefficient (Wildman–Crippen LogP) is 1.17. The van der Waals surface area contributed by atoms with Crippen LogP contribution in [-0.2, 0) is 22.4 Å². The Hall–Kier alpha value is -1.88. The van der Waals surface area contributed by atoms with Gasteiger partial charge in [-0.2, -0.15) is 0 Å². The lowest BCUT2D eigenvalue weighted by molar-refractivity contribution is -0.862. The van der Waals surface area contributed by atoms with E-state index in [2.05, 4.69) is 28.8 Å². The van der Waals surface area contributed by atoms with Crippen LogP contribution in [0.1, 0.15) is 63.3 Å². The zero-order valence-corrected chi connectivity index (χ0v) is 16.9. The van der Waals surface area contributed by atoms with Crippen molar-refractivity contribution in [1.29, 1.82) is 0 Å². The van der Waals surface area contributed by atoms with Crippen LogP contribution in [0.15, 0.2) is 18.2 Å². The molecule has 1 aromatic rings. The van der Waals surface area contributed by atoms with E-state index < -0.39 is 0 Å². The maximum atomic E-state index is 12.3. The molecular formula is C21H34N3O2+. The summed E-state index contributed by atoms with van der Waals surface area (Å²) in [7, 11) is 1.87. The first-order valence-electron chi connectivity index (χ1n) is 9.67.